The number of nitrogens with one attached hydrogen (secondary N) is 1. The molecule has 0 saturated carbocycles. The molecule has 4 rings (SSSR count). The Morgan fingerprint density at radius 2 is 1.64 bits per heavy atom. The number of hydrogen-bond acceptors (Lipinski definition) is 8. The fraction of sp³-hybridized carbons (Fsp3) is 0.296. The zero-order chi connectivity index (χ0) is 28.4. The molecule has 0 saturated heterocycles. The van der Waals surface area contributed by atoms with Crippen LogP contribution in [0.3, 0.4) is 0 Å². The van der Waals surface area contributed by atoms with Gasteiger partial charge in [0.05, 0.1) is 6.04 Å². The van der Waals surface area contributed by atoms with Crippen LogP contribution in [0.15, 0.2) is 55.1 Å². The maximum Gasteiger partial charge on any atom is 0.451 e. The SMILES string of the molecule is CC(Nc1ncnc2c(OCC(=O)OC(C)(C)C)cc(-c3ccc(F)cc3)cc12)c1cnc(C(F)(F)F)nc1. The number of carbonyl (C=O) groups is 1. The van der Waals surface area contributed by atoms with Gasteiger partial charge in [0.25, 0.3) is 0 Å². The molecule has 0 aliphatic rings. The van der Waals surface area contributed by atoms with E-state index in [0.29, 0.717) is 33.4 Å². The van der Waals surface area contributed by atoms with Crippen LogP contribution in [0.4, 0.5) is 23.4 Å². The average molecular weight is 544 g/mol. The first-order valence-electron chi connectivity index (χ1n) is 11.8. The molecule has 0 aliphatic carbocycles. The Morgan fingerprint density at radius 3 is 2.26 bits per heavy atom. The molecule has 0 amide bonds. The Balaban J connectivity index is 1.71. The first-order valence-corrected chi connectivity index (χ1v) is 11.8. The van der Waals surface area contributed by atoms with Gasteiger partial charge in [0.2, 0.25) is 5.82 Å². The van der Waals surface area contributed by atoms with Gasteiger partial charge < -0.3 is 14.8 Å². The number of anilines is 1. The zero-order valence-electron chi connectivity index (χ0n) is 21.5. The number of ether oxygens (including phenoxy) is 2. The van der Waals surface area contributed by atoms with Gasteiger partial charge in [-0.25, -0.2) is 29.1 Å². The molecule has 4 aromatic rings. The van der Waals surface area contributed by atoms with Crippen LogP contribution in [0, 0.1) is 5.82 Å². The second-order valence-corrected chi connectivity index (χ2v) is 9.68. The molecule has 2 heterocycles. The first-order chi connectivity index (χ1) is 18.3. The lowest BCUT2D eigenvalue weighted by molar-refractivity contribution is -0.157. The van der Waals surface area contributed by atoms with E-state index in [-0.39, 0.29) is 12.4 Å². The molecule has 0 radical (unpaired) electrons. The van der Waals surface area contributed by atoms with Crippen molar-refractivity contribution in [2.45, 2.75) is 45.5 Å². The molecule has 0 bridgehead atoms. The second-order valence-electron chi connectivity index (χ2n) is 9.68. The summed E-state index contributed by atoms with van der Waals surface area (Å²) in [7, 11) is 0. The summed E-state index contributed by atoms with van der Waals surface area (Å²) in [4.78, 5) is 27.8. The number of rotatable bonds is 7. The third-order valence-corrected chi connectivity index (χ3v) is 5.43. The van der Waals surface area contributed by atoms with Crippen molar-refractivity contribution < 1.29 is 31.8 Å². The normalized spacial score (nSPS) is 12.7. The van der Waals surface area contributed by atoms with E-state index < -0.39 is 35.4 Å². The van der Waals surface area contributed by atoms with Crippen molar-refractivity contribution in [2.24, 2.45) is 0 Å². The number of benzene rings is 2. The molecule has 12 heteroatoms. The average Bonchev–Trinajstić information content (AvgIpc) is 2.86. The van der Waals surface area contributed by atoms with Crippen LogP contribution in [-0.2, 0) is 15.7 Å². The van der Waals surface area contributed by atoms with E-state index in [0.717, 1.165) is 12.4 Å². The quantitative estimate of drug-likeness (QED) is 0.219. The summed E-state index contributed by atoms with van der Waals surface area (Å²) in [6.07, 6.45) is -1.17. The van der Waals surface area contributed by atoms with E-state index in [1.54, 1.807) is 52.0 Å². The molecule has 1 atom stereocenters. The summed E-state index contributed by atoms with van der Waals surface area (Å²) in [5, 5.41) is 3.65. The molecule has 39 heavy (non-hydrogen) atoms. The lowest BCUT2D eigenvalue weighted by atomic mass is 10.0. The summed E-state index contributed by atoms with van der Waals surface area (Å²) < 4.78 is 63.3. The molecule has 0 aliphatic heterocycles. The number of aromatic nitrogens is 4. The highest BCUT2D eigenvalue weighted by Crippen LogP contribution is 2.35. The Labute approximate surface area is 221 Å². The summed E-state index contributed by atoms with van der Waals surface area (Å²) in [6.45, 7) is 6.55. The molecule has 1 N–H and O–H groups in total. The summed E-state index contributed by atoms with van der Waals surface area (Å²) in [5.41, 5.74) is 1.36. The van der Waals surface area contributed by atoms with Gasteiger partial charge in [0, 0.05) is 23.3 Å². The van der Waals surface area contributed by atoms with Crippen LogP contribution in [0.2, 0.25) is 0 Å². The smallest absolute Gasteiger partial charge is 0.451 e. The van der Waals surface area contributed by atoms with Gasteiger partial charge in [-0.3, -0.25) is 0 Å². The number of fused-ring (bicyclic) bond motifs is 1. The van der Waals surface area contributed by atoms with Crippen LogP contribution < -0.4 is 10.1 Å². The van der Waals surface area contributed by atoms with E-state index in [2.05, 4.69) is 25.3 Å². The number of nitrogens with zero attached hydrogens (tertiary/aromatic N) is 4. The fourth-order valence-corrected chi connectivity index (χ4v) is 3.67. The minimum absolute atomic E-state index is 0.258. The minimum Gasteiger partial charge on any atom is -0.480 e. The Kier molecular flexibility index (Phi) is 7.66. The van der Waals surface area contributed by atoms with Crippen molar-refractivity contribution >= 4 is 22.7 Å². The highest BCUT2D eigenvalue weighted by atomic mass is 19.4. The topological polar surface area (TPSA) is 99.1 Å². The van der Waals surface area contributed by atoms with E-state index in [1.807, 2.05) is 0 Å². The molecule has 1 unspecified atom stereocenters. The Morgan fingerprint density at radius 1 is 0.974 bits per heavy atom. The number of hydrogen-bond donors (Lipinski definition) is 1. The number of esters is 1. The van der Waals surface area contributed by atoms with Crippen molar-refractivity contribution in [2.75, 3.05) is 11.9 Å². The maximum atomic E-state index is 13.6. The van der Waals surface area contributed by atoms with Gasteiger partial charge in [0.1, 0.15) is 34.8 Å². The van der Waals surface area contributed by atoms with E-state index in [4.69, 9.17) is 9.47 Å². The van der Waals surface area contributed by atoms with Gasteiger partial charge in [-0.05, 0) is 63.1 Å². The van der Waals surface area contributed by atoms with Crippen molar-refractivity contribution in [3.05, 3.63) is 72.3 Å². The van der Waals surface area contributed by atoms with Crippen LogP contribution in [0.5, 0.6) is 5.75 Å². The van der Waals surface area contributed by atoms with E-state index in [1.165, 1.54) is 18.5 Å². The first kappa shape index (κ1) is 27.7. The van der Waals surface area contributed by atoms with Crippen molar-refractivity contribution in [1.82, 2.24) is 19.9 Å². The molecule has 0 spiro atoms. The van der Waals surface area contributed by atoms with Gasteiger partial charge in [-0.15, -0.1) is 0 Å². The van der Waals surface area contributed by atoms with Gasteiger partial charge >= 0.3 is 12.1 Å². The standard InChI is InChI=1S/C27H25F4N5O3/c1-15(18-11-32-25(33-12-18)27(29,30)31)36-24-20-9-17(16-5-7-19(28)8-6-16)10-21(23(20)34-14-35-24)38-13-22(37)39-26(2,3)4/h5-12,14-15H,13H2,1-4H3,(H,34,35,36). The van der Waals surface area contributed by atoms with Crippen molar-refractivity contribution in [3.8, 4) is 16.9 Å². The summed E-state index contributed by atoms with van der Waals surface area (Å²) in [5.74, 6) is -1.61. The molecule has 0 fully saturated rings. The van der Waals surface area contributed by atoms with Gasteiger partial charge in [0.15, 0.2) is 6.61 Å². The van der Waals surface area contributed by atoms with Gasteiger partial charge in [-0.1, -0.05) is 12.1 Å². The highest BCUT2D eigenvalue weighted by Gasteiger charge is 2.34. The van der Waals surface area contributed by atoms with Crippen LogP contribution in [0.25, 0.3) is 22.0 Å². The zero-order valence-corrected chi connectivity index (χ0v) is 21.5. The monoisotopic (exact) mass is 543 g/mol. The molecule has 2 aromatic heterocycles. The number of alkyl halides is 3. The molecule has 2 aromatic carbocycles. The van der Waals surface area contributed by atoms with Crippen LogP contribution in [-0.4, -0.2) is 38.1 Å². The maximum absolute atomic E-state index is 13.6. The number of carbonyl (C=O) groups excluding carboxylic acids is 1. The highest BCUT2D eigenvalue weighted by molar-refractivity contribution is 5.96. The fourth-order valence-electron chi connectivity index (χ4n) is 3.67. The molecular formula is C27H25F4N5O3. The Bertz CT molecular complexity index is 1470. The van der Waals surface area contributed by atoms with Crippen LogP contribution in [0.1, 0.15) is 45.1 Å². The van der Waals surface area contributed by atoms with E-state index >= 15 is 0 Å². The lowest BCUT2D eigenvalue weighted by Gasteiger charge is -2.20. The molecular weight excluding hydrogens is 518 g/mol. The predicted octanol–water partition coefficient (Wildman–Crippen LogP) is 6.14. The number of halogens is 4. The van der Waals surface area contributed by atoms with Crippen molar-refractivity contribution in [3.63, 3.8) is 0 Å². The third kappa shape index (κ3) is 6.95. The lowest BCUT2D eigenvalue weighted by Crippen LogP contribution is -2.27. The largest absolute Gasteiger partial charge is 0.480 e. The molecule has 8 nitrogen and oxygen atoms in total. The summed E-state index contributed by atoms with van der Waals surface area (Å²) >= 11 is 0. The second kappa shape index (κ2) is 10.8. The van der Waals surface area contributed by atoms with Crippen molar-refractivity contribution in [1.29, 1.82) is 0 Å². The third-order valence-electron chi connectivity index (χ3n) is 5.43. The van der Waals surface area contributed by atoms with Crippen LogP contribution >= 0.6 is 0 Å². The molecule has 204 valence electrons. The predicted molar refractivity (Wildman–Crippen MR) is 135 cm³/mol. The van der Waals surface area contributed by atoms with E-state index in [9.17, 15) is 22.4 Å². The summed E-state index contributed by atoms with van der Waals surface area (Å²) in [6, 6.07) is 8.71. The van der Waals surface area contributed by atoms with Gasteiger partial charge in [-0.2, -0.15) is 13.2 Å². The Hall–Kier alpha value is -4.35. The minimum atomic E-state index is -4.65.